The number of imide groups is 2. The Balaban J connectivity index is 1.47. The summed E-state index contributed by atoms with van der Waals surface area (Å²) in [6.45, 7) is -0.583. The normalized spacial score (nSPS) is 17.6. The lowest BCUT2D eigenvalue weighted by molar-refractivity contribution is -0.136. The smallest absolute Gasteiger partial charge is 0.272 e. The summed E-state index contributed by atoms with van der Waals surface area (Å²) in [6.07, 6.45) is 1.64. The number of para-hydroxylation sites is 1. The molecule has 3 aromatic carbocycles. The minimum atomic E-state index is -0.730. The monoisotopic (exact) mass is 501 g/mol. The maximum absolute atomic E-state index is 13.3. The molecule has 0 radical (unpaired) electrons. The minimum absolute atomic E-state index is 0.142. The molecule has 2 aliphatic heterocycles. The maximum atomic E-state index is 13.3. The molecule has 5 rings (SSSR count). The molecule has 2 heterocycles. The lowest BCUT2D eigenvalue weighted by Crippen LogP contribution is -2.44. The average molecular weight is 502 g/mol. The van der Waals surface area contributed by atoms with E-state index in [1.807, 2.05) is 6.07 Å². The molecule has 35 heavy (non-hydrogen) atoms. The first-order valence-electron chi connectivity index (χ1n) is 10.5. The van der Waals surface area contributed by atoms with Gasteiger partial charge in [-0.2, -0.15) is 0 Å². The number of carbonyl (C=O) groups excluding carboxylic acids is 4. The van der Waals surface area contributed by atoms with E-state index in [1.165, 1.54) is 12.1 Å². The Morgan fingerprint density at radius 3 is 2.06 bits per heavy atom. The first-order chi connectivity index (χ1) is 16.9. The number of amides is 4. The van der Waals surface area contributed by atoms with Crippen molar-refractivity contribution in [2.24, 2.45) is 4.99 Å². The molecule has 7 nitrogen and oxygen atoms in total. The molecule has 0 bridgehead atoms. The molecule has 0 atom stereocenters. The van der Waals surface area contributed by atoms with Crippen molar-refractivity contribution in [2.45, 2.75) is 0 Å². The highest BCUT2D eigenvalue weighted by Crippen LogP contribution is 2.35. The molecule has 4 amide bonds. The first-order valence-corrected chi connectivity index (χ1v) is 11.7. The van der Waals surface area contributed by atoms with Gasteiger partial charge in [0.15, 0.2) is 5.17 Å². The number of aliphatic imine (C=N–C) groups is 1. The third kappa shape index (κ3) is 4.41. The van der Waals surface area contributed by atoms with E-state index in [9.17, 15) is 19.2 Å². The number of halogens is 1. The highest BCUT2D eigenvalue weighted by molar-refractivity contribution is 8.18. The summed E-state index contributed by atoms with van der Waals surface area (Å²) in [6, 6.07) is 22.1. The van der Waals surface area contributed by atoms with Gasteiger partial charge in [0.05, 0.1) is 21.7 Å². The SMILES string of the molecule is O=C1c2ccccc2C(=O)N1CC(=O)N1C(=O)/C(=C/c2ccc(Cl)cc2)SC1=Nc1ccccc1. The van der Waals surface area contributed by atoms with Crippen LogP contribution in [0.5, 0.6) is 0 Å². The van der Waals surface area contributed by atoms with Crippen LogP contribution in [-0.2, 0) is 9.59 Å². The highest BCUT2D eigenvalue weighted by atomic mass is 35.5. The van der Waals surface area contributed by atoms with E-state index < -0.39 is 30.2 Å². The summed E-state index contributed by atoms with van der Waals surface area (Å²) in [7, 11) is 0. The van der Waals surface area contributed by atoms with Crippen molar-refractivity contribution >= 4 is 63.9 Å². The number of carbonyl (C=O) groups is 4. The van der Waals surface area contributed by atoms with E-state index in [-0.39, 0.29) is 21.2 Å². The first kappa shape index (κ1) is 22.8. The van der Waals surface area contributed by atoms with Crippen molar-refractivity contribution < 1.29 is 19.2 Å². The molecule has 0 aromatic heterocycles. The predicted octanol–water partition coefficient (Wildman–Crippen LogP) is 4.77. The number of benzene rings is 3. The van der Waals surface area contributed by atoms with Crippen molar-refractivity contribution in [1.29, 1.82) is 0 Å². The van der Waals surface area contributed by atoms with Gasteiger partial charge in [0.25, 0.3) is 23.6 Å². The molecule has 9 heteroatoms. The summed E-state index contributed by atoms with van der Waals surface area (Å²) in [5.74, 6) is -2.46. The van der Waals surface area contributed by atoms with Crippen molar-refractivity contribution in [3.05, 3.63) is 105 Å². The van der Waals surface area contributed by atoms with Crippen LogP contribution in [0, 0.1) is 0 Å². The fourth-order valence-electron chi connectivity index (χ4n) is 3.68. The van der Waals surface area contributed by atoms with Crippen molar-refractivity contribution in [1.82, 2.24) is 9.80 Å². The number of thioether (sulfide) groups is 1. The number of rotatable bonds is 4. The fraction of sp³-hybridized carbons (Fsp3) is 0.0385. The molecule has 0 spiro atoms. The van der Waals surface area contributed by atoms with Crippen LogP contribution in [0.1, 0.15) is 26.3 Å². The number of hydrogen-bond donors (Lipinski definition) is 0. The number of nitrogens with zero attached hydrogens (tertiary/aromatic N) is 3. The highest BCUT2D eigenvalue weighted by Gasteiger charge is 2.42. The molecule has 0 N–H and O–H groups in total. The van der Waals surface area contributed by atoms with E-state index in [2.05, 4.69) is 4.99 Å². The van der Waals surface area contributed by atoms with Gasteiger partial charge in [-0.1, -0.05) is 54.1 Å². The van der Waals surface area contributed by atoms with Crippen molar-refractivity contribution in [3.8, 4) is 0 Å². The summed E-state index contributed by atoms with van der Waals surface area (Å²) in [5.41, 5.74) is 1.73. The number of fused-ring (bicyclic) bond motifs is 1. The quantitative estimate of drug-likeness (QED) is 0.380. The third-order valence-electron chi connectivity index (χ3n) is 5.38. The van der Waals surface area contributed by atoms with Crippen LogP contribution in [0.15, 0.2) is 88.8 Å². The van der Waals surface area contributed by atoms with E-state index in [0.29, 0.717) is 10.7 Å². The molecule has 1 fully saturated rings. The van der Waals surface area contributed by atoms with Gasteiger partial charge in [-0.05, 0) is 59.8 Å². The van der Waals surface area contributed by atoms with Gasteiger partial charge < -0.3 is 0 Å². The molecule has 1 saturated heterocycles. The second-order valence-electron chi connectivity index (χ2n) is 7.67. The zero-order chi connectivity index (χ0) is 24.5. The van der Waals surface area contributed by atoms with Crippen LogP contribution in [-0.4, -0.2) is 45.1 Å². The van der Waals surface area contributed by atoms with Crippen LogP contribution in [0.4, 0.5) is 5.69 Å². The number of hydrogen-bond acceptors (Lipinski definition) is 6. The van der Waals surface area contributed by atoms with Crippen LogP contribution < -0.4 is 0 Å². The topological polar surface area (TPSA) is 87.1 Å². The lowest BCUT2D eigenvalue weighted by atomic mass is 10.1. The Kier molecular flexibility index (Phi) is 6.07. The van der Waals surface area contributed by atoms with Gasteiger partial charge >= 0.3 is 0 Å². The van der Waals surface area contributed by atoms with Crippen LogP contribution in [0.2, 0.25) is 5.02 Å². The minimum Gasteiger partial charge on any atom is -0.272 e. The van der Waals surface area contributed by atoms with Crippen LogP contribution in [0.25, 0.3) is 6.08 Å². The zero-order valence-electron chi connectivity index (χ0n) is 18.1. The molecule has 3 aromatic rings. The Morgan fingerprint density at radius 2 is 1.43 bits per heavy atom. The van der Waals surface area contributed by atoms with Gasteiger partial charge in [-0.3, -0.25) is 24.1 Å². The maximum Gasteiger partial charge on any atom is 0.273 e. The van der Waals surface area contributed by atoms with E-state index in [0.717, 1.165) is 27.1 Å². The zero-order valence-corrected chi connectivity index (χ0v) is 19.6. The van der Waals surface area contributed by atoms with Gasteiger partial charge in [-0.15, -0.1) is 0 Å². The summed E-state index contributed by atoms with van der Waals surface area (Å²) >= 11 is 6.99. The molecule has 0 saturated carbocycles. The summed E-state index contributed by atoms with van der Waals surface area (Å²) in [4.78, 5) is 58.6. The van der Waals surface area contributed by atoms with Crippen molar-refractivity contribution in [3.63, 3.8) is 0 Å². The Morgan fingerprint density at radius 1 is 0.829 bits per heavy atom. The second kappa shape index (κ2) is 9.32. The summed E-state index contributed by atoms with van der Waals surface area (Å²) < 4.78 is 0. The van der Waals surface area contributed by atoms with Gasteiger partial charge in [0, 0.05) is 5.02 Å². The largest absolute Gasteiger partial charge is 0.273 e. The Hall–Kier alpha value is -4.01. The van der Waals surface area contributed by atoms with Gasteiger partial charge in [0.2, 0.25) is 0 Å². The molecule has 0 aliphatic carbocycles. The van der Waals surface area contributed by atoms with Crippen molar-refractivity contribution in [2.75, 3.05) is 6.54 Å². The molecule has 0 unspecified atom stereocenters. The number of amidine groups is 1. The average Bonchev–Trinajstić information content (AvgIpc) is 3.29. The van der Waals surface area contributed by atoms with E-state index in [4.69, 9.17) is 11.6 Å². The Bertz CT molecular complexity index is 1400. The predicted molar refractivity (Wildman–Crippen MR) is 134 cm³/mol. The van der Waals surface area contributed by atoms with E-state index >= 15 is 0 Å². The van der Waals surface area contributed by atoms with E-state index in [1.54, 1.807) is 66.7 Å². The second-order valence-corrected chi connectivity index (χ2v) is 9.11. The van der Waals surface area contributed by atoms with Gasteiger partial charge in [0.1, 0.15) is 6.54 Å². The molecular weight excluding hydrogens is 486 g/mol. The van der Waals surface area contributed by atoms with Crippen LogP contribution in [0.3, 0.4) is 0 Å². The lowest BCUT2D eigenvalue weighted by Gasteiger charge is -2.18. The molecular formula is C26H16ClN3O4S. The molecule has 172 valence electrons. The Labute approximate surface area is 209 Å². The fourth-order valence-corrected chi connectivity index (χ4v) is 4.80. The third-order valence-corrected chi connectivity index (χ3v) is 6.60. The van der Waals surface area contributed by atoms with Crippen LogP contribution >= 0.6 is 23.4 Å². The standard InChI is InChI=1S/C26H16ClN3O4S/c27-17-12-10-16(11-13-17)14-21-25(34)30(26(35-21)28-18-6-2-1-3-7-18)22(31)15-29-23(32)19-8-4-5-9-20(19)24(29)33/h1-14H,15H2/b21-14-,28-26?. The van der Waals surface area contributed by atoms with Gasteiger partial charge in [-0.25, -0.2) is 9.89 Å². The molecule has 2 aliphatic rings. The summed E-state index contributed by atoms with van der Waals surface area (Å²) in [5, 5.41) is 0.699.